The van der Waals surface area contributed by atoms with Gasteiger partial charge in [-0.1, -0.05) is 27.2 Å². The van der Waals surface area contributed by atoms with Crippen molar-refractivity contribution in [3.63, 3.8) is 0 Å². The minimum atomic E-state index is 0.546. The lowest BCUT2D eigenvalue weighted by Crippen LogP contribution is -2.50. The molecule has 0 bridgehead atoms. The number of methoxy groups -OCH3 is 1. The van der Waals surface area contributed by atoms with E-state index in [9.17, 15) is 0 Å². The topological polar surface area (TPSA) is 12.5 Å². The Hall–Kier alpha value is -0.0800. The van der Waals surface area contributed by atoms with E-state index in [0.29, 0.717) is 6.10 Å². The minimum absolute atomic E-state index is 0.546. The van der Waals surface area contributed by atoms with Crippen LogP contribution in [0.3, 0.4) is 0 Å². The van der Waals surface area contributed by atoms with E-state index in [1.807, 2.05) is 21.0 Å². The van der Waals surface area contributed by atoms with Crippen molar-refractivity contribution >= 4 is 0 Å². The molecule has 3 fully saturated rings. The average molecular weight is 296 g/mol. The third kappa shape index (κ3) is 4.01. The lowest BCUT2D eigenvalue weighted by atomic mass is 9.57. The number of nitrogens with zero attached hydrogens (tertiary/aromatic N) is 1. The van der Waals surface area contributed by atoms with Crippen LogP contribution in [0.2, 0.25) is 0 Å². The van der Waals surface area contributed by atoms with Gasteiger partial charge in [0, 0.05) is 13.2 Å². The summed E-state index contributed by atoms with van der Waals surface area (Å²) in [5, 5.41) is 0. The molecule has 0 aromatic heterocycles. The van der Waals surface area contributed by atoms with Gasteiger partial charge in [-0.15, -0.1) is 0 Å². The molecule has 0 aromatic rings. The summed E-state index contributed by atoms with van der Waals surface area (Å²) in [7, 11) is 1.87. The first kappa shape index (κ1) is 17.3. The zero-order valence-electron chi connectivity index (χ0n) is 14.9. The van der Waals surface area contributed by atoms with Gasteiger partial charge in [-0.3, -0.25) is 0 Å². The van der Waals surface area contributed by atoms with Crippen molar-refractivity contribution < 1.29 is 4.74 Å². The number of hydrogen-bond acceptors (Lipinski definition) is 2. The predicted octanol–water partition coefficient (Wildman–Crippen LogP) is 4.87. The quantitative estimate of drug-likeness (QED) is 0.736. The maximum Gasteiger partial charge on any atom is 0.0572 e. The van der Waals surface area contributed by atoms with Gasteiger partial charge >= 0.3 is 0 Å². The number of ether oxygens (including phenoxy) is 1. The number of hydrogen-bond donors (Lipinski definition) is 0. The SMILES string of the molecule is CC.CCC1CC2(CCN(C3CCC(OC)CC3)CC2)C1. The molecule has 2 aliphatic carbocycles. The van der Waals surface area contributed by atoms with Gasteiger partial charge in [-0.2, -0.15) is 0 Å². The van der Waals surface area contributed by atoms with Crippen LogP contribution in [-0.2, 0) is 4.74 Å². The zero-order valence-corrected chi connectivity index (χ0v) is 14.9. The van der Waals surface area contributed by atoms with Crippen LogP contribution in [0.4, 0.5) is 0 Å². The molecule has 21 heavy (non-hydrogen) atoms. The van der Waals surface area contributed by atoms with Crippen molar-refractivity contribution in [1.29, 1.82) is 0 Å². The summed E-state index contributed by atoms with van der Waals surface area (Å²) in [5.74, 6) is 1.06. The first-order valence-electron chi connectivity index (χ1n) is 9.51. The number of likely N-dealkylation sites (tertiary alicyclic amines) is 1. The molecule has 3 aliphatic rings. The van der Waals surface area contributed by atoms with E-state index >= 15 is 0 Å². The van der Waals surface area contributed by atoms with Gasteiger partial charge in [0.05, 0.1) is 6.10 Å². The summed E-state index contributed by atoms with van der Waals surface area (Å²) in [6.07, 6.45) is 13.3. The summed E-state index contributed by atoms with van der Waals surface area (Å²) in [5.41, 5.74) is 0.779. The molecule has 2 saturated carbocycles. The molecular weight excluding hydrogens is 258 g/mol. The Morgan fingerprint density at radius 3 is 2.05 bits per heavy atom. The van der Waals surface area contributed by atoms with Gasteiger partial charge in [0.2, 0.25) is 0 Å². The Bertz CT molecular complexity index is 280. The second-order valence-electron chi connectivity index (χ2n) is 7.38. The van der Waals surface area contributed by atoms with E-state index < -0.39 is 0 Å². The molecule has 124 valence electrons. The van der Waals surface area contributed by atoms with Crippen LogP contribution in [0.5, 0.6) is 0 Å². The molecule has 0 unspecified atom stereocenters. The summed E-state index contributed by atoms with van der Waals surface area (Å²) in [6.45, 7) is 9.11. The molecular formula is C19H37NO. The average Bonchev–Trinajstić information content (AvgIpc) is 2.55. The van der Waals surface area contributed by atoms with Gasteiger partial charge in [0.25, 0.3) is 0 Å². The van der Waals surface area contributed by atoms with Crippen LogP contribution in [0.25, 0.3) is 0 Å². The number of piperidine rings is 1. The second-order valence-corrected chi connectivity index (χ2v) is 7.38. The van der Waals surface area contributed by atoms with Gasteiger partial charge in [0.1, 0.15) is 0 Å². The molecule has 0 N–H and O–H groups in total. The van der Waals surface area contributed by atoms with Crippen LogP contribution in [-0.4, -0.2) is 37.2 Å². The van der Waals surface area contributed by atoms with Crippen LogP contribution in [0, 0.1) is 11.3 Å². The largest absolute Gasteiger partial charge is 0.381 e. The van der Waals surface area contributed by atoms with E-state index in [1.165, 1.54) is 70.9 Å². The molecule has 2 nitrogen and oxygen atoms in total. The van der Waals surface area contributed by atoms with Crippen LogP contribution in [0.1, 0.15) is 78.6 Å². The highest BCUT2D eigenvalue weighted by Crippen LogP contribution is 2.53. The normalized spacial score (nSPS) is 33.1. The van der Waals surface area contributed by atoms with E-state index in [2.05, 4.69) is 11.8 Å². The van der Waals surface area contributed by atoms with Crippen molar-refractivity contribution in [2.45, 2.75) is 90.7 Å². The van der Waals surface area contributed by atoms with E-state index in [4.69, 9.17) is 4.74 Å². The summed E-state index contributed by atoms with van der Waals surface area (Å²) in [4.78, 5) is 2.80. The fourth-order valence-corrected chi connectivity index (χ4v) is 4.87. The van der Waals surface area contributed by atoms with Crippen molar-refractivity contribution in [2.24, 2.45) is 11.3 Å². The van der Waals surface area contributed by atoms with Crippen LogP contribution >= 0.6 is 0 Å². The Labute approximate surface area is 132 Å². The maximum absolute atomic E-state index is 5.49. The lowest BCUT2D eigenvalue weighted by Gasteiger charge is -2.54. The molecule has 2 heteroatoms. The van der Waals surface area contributed by atoms with Gasteiger partial charge in [-0.25, -0.2) is 0 Å². The Morgan fingerprint density at radius 1 is 1.00 bits per heavy atom. The predicted molar refractivity (Wildman–Crippen MR) is 90.7 cm³/mol. The third-order valence-corrected chi connectivity index (χ3v) is 6.37. The monoisotopic (exact) mass is 295 g/mol. The molecule has 1 aliphatic heterocycles. The third-order valence-electron chi connectivity index (χ3n) is 6.37. The fourth-order valence-electron chi connectivity index (χ4n) is 4.87. The first-order chi connectivity index (χ1) is 10.2. The van der Waals surface area contributed by atoms with Crippen molar-refractivity contribution in [3.8, 4) is 0 Å². The summed E-state index contributed by atoms with van der Waals surface area (Å²) >= 11 is 0. The molecule has 1 heterocycles. The maximum atomic E-state index is 5.49. The molecule has 3 rings (SSSR count). The highest BCUT2D eigenvalue weighted by Gasteiger charge is 2.45. The second kappa shape index (κ2) is 7.97. The van der Waals surface area contributed by atoms with Crippen LogP contribution < -0.4 is 0 Å². The van der Waals surface area contributed by atoms with Crippen molar-refractivity contribution in [2.75, 3.05) is 20.2 Å². The number of rotatable bonds is 3. The standard InChI is InChI=1S/C17H31NO.C2H6/c1-3-14-12-17(13-14)8-10-18(11-9-17)15-4-6-16(19-2)7-5-15;1-2/h14-16H,3-13H2,1-2H3;1-2H3. The first-order valence-corrected chi connectivity index (χ1v) is 9.51. The summed E-state index contributed by atoms with van der Waals surface area (Å²) < 4.78 is 5.49. The fraction of sp³-hybridized carbons (Fsp3) is 1.00. The smallest absolute Gasteiger partial charge is 0.0572 e. The molecule has 1 saturated heterocycles. The lowest BCUT2D eigenvalue weighted by molar-refractivity contribution is -0.0371. The molecule has 0 aromatic carbocycles. The molecule has 0 radical (unpaired) electrons. The van der Waals surface area contributed by atoms with E-state index in [1.54, 1.807) is 0 Å². The van der Waals surface area contributed by atoms with Gasteiger partial charge in [0.15, 0.2) is 0 Å². The Morgan fingerprint density at radius 2 is 1.57 bits per heavy atom. The molecule has 1 spiro atoms. The summed E-state index contributed by atoms with van der Waals surface area (Å²) in [6, 6.07) is 0.866. The van der Waals surface area contributed by atoms with Gasteiger partial charge < -0.3 is 9.64 Å². The van der Waals surface area contributed by atoms with E-state index in [0.717, 1.165) is 17.4 Å². The van der Waals surface area contributed by atoms with Gasteiger partial charge in [-0.05, 0) is 75.8 Å². The highest BCUT2D eigenvalue weighted by atomic mass is 16.5. The van der Waals surface area contributed by atoms with Crippen molar-refractivity contribution in [1.82, 2.24) is 4.90 Å². The molecule has 0 amide bonds. The Kier molecular flexibility index (Phi) is 6.55. The molecule has 0 atom stereocenters. The minimum Gasteiger partial charge on any atom is -0.381 e. The van der Waals surface area contributed by atoms with E-state index in [-0.39, 0.29) is 0 Å². The van der Waals surface area contributed by atoms with Crippen LogP contribution in [0.15, 0.2) is 0 Å². The van der Waals surface area contributed by atoms with Crippen molar-refractivity contribution in [3.05, 3.63) is 0 Å². The zero-order chi connectivity index (χ0) is 15.3. The Balaban J connectivity index is 0.000000774. The highest BCUT2D eigenvalue weighted by molar-refractivity contribution is 4.97.